The predicted octanol–water partition coefficient (Wildman–Crippen LogP) is 3.33. The number of pyridine rings is 1. The Morgan fingerprint density at radius 1 is 1.37 bits per heavy atom. The number of anilines is 1. The van der Waals surface area contributed by atoms with Crippen molar-refractivity contribution in [1.82, 2.24) is 4.98 Å². The van der Waals surface area contributed by atoms with E-state index in [0.29, 0.717) is 5.02 Å². The lowest BCUT2D eigenvalue weighted by Gasteiger charge is -2.34. The van der Waals surface area contributed by atoms with Gasteiger partial charge in [-0.1, -0.05) is 11.6 Å². The Morgan fingerprint density at radius 3 is 2.95 bits per heavy atom. The summed E-state index contributed by atoms with van der Waals surface area (Å²) in [6.07, 6.45) is 4.22. The van der Waals surface area contributed by atoms with Crippen molar-refractivity contribution in [3.8, 4) is 0 Å². The Hall–Kier alpha value is -1.87. The largest absolute Gasteiger partial charge is 0.304 e. The highest BCUT2D eigenvalue weighted by Crippen LogP contribution is 2.29. The maximum absolute atomic E-state index is 12.6. The smallest absolute Gasteiger partial charge is 0.258 e. The van der Waals surface area contributed by atoms with Crippen LogP contribution >= 0.6 is 11.6 Å². The van der Waals surface area contributed by atoms with Crippen molar-refractivity contribution < 1.29 is 4.79 Å². The van der Waals surface area contributed by atoms with E-state index in [1.54, 1.807) is 29.4 Å². The Bertz CT molecular complexity index is 627. The molecule has 0 bridgehead atoms. The number of benzene rings is 1. The van der Waals surface area contributed by atoms with E-state index in [1.807, 2.05) is 25.1 Å². The van der Waals surface area contributed by atoms with Crippen molar-refractivity contribution in [1.29, 1.82) is 0 Å². The summed E-state index contributed by atoms with van der Waals surface area (Å²) in [6.45, 7) is 2.04. The summed E-state index contributed by atoms with van der Waals surface area (Å²) in [6, 6.07) is 9.29. The summed E-state index contributed by atoms with van der Waals surface area (Å²) in [5, 5.41) is 0.675. The minimum Gasteiger partial charge on any atom is -0.304 e. The molecule has 0 unspecified atom stereocenters. The molecule has 1 aliphatic rings. The third kappa shape index (κ3) is 2.10. The maximum Gasteiger partial charge on any atom is 0.258 e. The van der Waals surface area contributed by atoms with Gasteiger partial charge in [0.25, 0.3) is 5.91 Å². The van der Waals surface area contributed by atoms with Gasteiger partial charge in [0.1, 0.15) is 0 Å². The van der Waals surface area contributed by atoms with Gasteiger partial charge in [0.15, 0.2) is 0 Å². The summed E-state index contributed by atoms with van der Waals surface area (Å²) >= 11 is 5.99. The fourth-order valence-electron chi connectivity index (χ4n) is 2.55. The number of fused-ring (bicyclic) bond motifs is 1. The molecule has 0 saturated carbocycles. The van der Waals surface area contributed by atoms with Crippen molar-refractivity contribution >= 4 is 23.2 Å². The number of halogens is 1. The van der Waals surface area contributed by atoms with Crippen LogP contribution in [0.4, 0.5) is 5.69 Å². The molecule has 3 rings (SSSR count). The first-order chi connectivity index (χ1) is 9.16. The van der Waals surface area contributed by atoms with E-state index in [9.17, 15) is 4.79 Å². The van der Waals surface area contributed by atoms with Gasteiger partial charge in [-0.05, 0) is 49.2 Å². The van der Waals surface area contributed by atoms with Crippen molar-refractivity contribution in [3.05, 3.63) is 58.9 Å². The number of aromatic nitrogens is 1. The van der Waals surface area contributed by atoms with Gasteiger partial charge in [0.2, 0.25) is 0 Å². The number of amides is 1. The normalized spacial score (nSPS) is 18.3. The Morgan fingerprint density at radius 2 is 2.21 bits per heavy atom. The van der Waals surface area contributed by atoms with Crippen molar-refractivity contribution in [2.24, 2.45) is 0 Å². The monoisotopic (exact) mass is 272 g/mol. The highest BCUT2D eigenvalue weighted by atomic mass is 35.5. The third-order valence-corrected chi connectivity index (χ3v) is 3.63. The molecular formula is C15H13ClN2O. The Kier molecular flexibility index (Phi) is 2.99. The maximum atomic E-state index is 12.6. The number of rotatable bonds is 1. The molecule has 3 nitrogen and oxygen atoms in total. The van der Waals surface area contributed by atoms with Crippen LogP contribution in [0.1, 0.15) is 22.8 Å². The molecule has 2 heterocycles. The number of hydrogen-bond acceptors (Lipinski definition) is 2. The average molecular weight is 273 g/mol. The van der Waals surface area contributed by atoms with Crippen molar-refractivity contribution in [2.75, 3.05) is 4.90 Å². The molecule has 0 radical (unpaired) electrons. The second kappa shape index (κ2) is 4.67. The van der Waals surface area contributed by atoms with Crippen LogP contribution in [-0.4, -0.2) is 16.9 Å². The molecule has 4 heteroatoms. The highest BCUT2D eigenvalue weighted by molar-refractivity contribution is 6.30. The first-order valence-electron chi connectivity index (χ1n) is 6.19. The average Bonchev–Trinajstić information content (AvgIpc) is 2.39. The standard InChI is InChI=1S/C15H13ClN2O/c1-10-7-11-8-12(16)4-5-14(11)15(19)18(10)13-3-2-6-17-9-13/h2-6,8-10H,7H2,1H3/t10-/m1/s1. The van der Waals surface area contributed by atoms with Crippen LogP contribution in [0, 0.1) is 0 Å². The lowest BCUT2D eigenvalue weighted by Crippen LogP contribution is -2.44. The molecule has 1 aromatic carbocycles. The predicted molar refractivity (Wildman–Crippen MR) is 75.7 cm³/mol. The van der Waals surface area contributed by atoms with Crippen LogP contribution in [-0.2, 0) is 6.42 Å². The second-order valence-electron chi connectivity index (χ2n) is 4.74. The van der Waals surface area contributed by atoms with Crippen LogP contribution in [0.5, 0.6) is 0 Å². The first kappa shape index (κ1) is 12.2. The highest BCUT2D eigenvalue weighted by Gasteiger charge is 2.30. The third-order valence-electron chi connectivity index (χ3n) is 3.40. The van der Waals surface area contributed by atoms with Crippen LogP contribution in [0.15, 0.2) is 42.7 Å². The number of carbonyl (C=O) groups is 1. The Balaban J connectivity index is 2.06. The molecule has 19 heavy (non-hydrogen) atoms. The van der Waals surface area contributed by atoms with Gasteiger partial charge in [-0.2, -0.15) is 0 Å². The molecule has 0 saturated heterocycles. The SMILES string of the molecule is C[C@@H]1Cc2cc(Cl)ccc2C(=O)N1c1cccnc1. The molecule has 1 amide bonds. The quantitative estimate of drug-likeness (QED) is 0.798. The molecule has 0 aliphatic carbocycles. The molecule has 0 fully saturated rings. The molecule has 0 spiro atoms. The van der Waals surface area contributed by atoms with Gasteiger partial charge in [0, 0.05) is 22.8 Å². The van der Waals surface area contributed by atoms with E-state index < -0.39 is 0 Å². The van der Waals surface area contributed by atoms with E-state index in [0.717, 1.165) is 23.2 Å². The van der Waals surface area contributed by atoms with Crippen LogP contribution in [0.3, 0.4) is 0 Å². The zero-order valence-corrected chi connectivity index (χ0v) is 11.3. The van der Waals surface area contributed by atoms with Crippen molar-refractivity contribution in [2.45, 2.75) is 19.4 Å². The summed E-state index contributed by atoms with van der Waals surface area (Å²) in [5.41, 5.74) is 2.58. The van der Waals surface area contributed by atoms with Crippen molar-refractivity contribution in [3.63, 3.8) is 0 Å². The van der Waals surface area contributed by atoms with E-state index in [4.69, 9.17) is 11.6 Å². The van der Waals surface area contributed by atoms with E-state index in [2.05, 4.69) is 4.98 Å². The molecular weight excluding hydrogens is 260 g/mol. The molecule has 0 N–H and O–H groups in total. The van der Waals surface area contributed by atoms with Crippen LogP contribution in [0.2, 0.25) is 5.02 Å². The van der Waals surface area contributed by atoms with Gasteiger partial charge in [-0.15, -0.1) is 0 Å². The fourth-order valence-corrected chi connectivity index (χ4v) is 2.74. The minimum absolute atomic E-state index is 0.0124. The zero-order valence-electron chi connectivity index (χ0n) is 10.5. The number of nitrogens with zero attached hydrogens (tertiary/aromatic N) is 2. The van der Waals surface area contributed by atoms with E-state index >= 15 is 0 Å². The van der Waals surface area contributed by atoms with Gasteiger partial charge >= 0.3 is 0 Å². The van der Waals surface area contributed by atoms with E-state index in [1.165, 1.54) is 0 Å². The van der Waals surface area contributed by atoms with E-state index in [-0.39, 0.29) is 11.9 Å². The zero-order chi connectivity index (χ0) is 13.4. The molecule has 2 aromatic rings. The Labute approximate surface area is 116 Å². The molecule has 96 valence electrons. The lowest BCUT2D eigenvalue weighted by atomic mass is 9.94. The molecule has 1 aromatic heterocycles. The summed E-state index contributed by atoms with van der Waals surface area (Å²) in [7, 11) is 0. The summed E-state index contributed by atoms with van der Waals surface area (Å²) in [4.78, 5) is 18.5. The second-order valence-corrected chi connectivity index (χ2v) is 5.18. The van der Waals surface area contributed by atoms with Gasteiger partial charge in [0.05, 0.1) is 11.9 Å². The molecule has 1 atom stereocenters. The van der Waals surface area contributed by atoms with Crippen LogP contribution < -0.4 is 4.90 Å². The first-order valence-corrected chi connectivity index (χ1v) is 6.56. The lowest BCUT2D eigenvalue weighted by molar-refractivity contribution is 0.0969. The summed E-state index contributed by atoms with van der Waals surface area (Å²) < 4.78 is 0. The number of carbonyl (C=O) groups excluding carboxylic acids is 1. The molecule has 1 aliphatic heterocycles. The van der Waals surface area contributed by atoms with Gasteiger partial charge < -0.3 is 4.90 Å². The number of hydrogen-bond donors (Lipinski definition) is 0. The van der Waals surface area contributed by atoms with Gasteiger partial charge in [-0.25, -0.2) is 0 Å². The summed E-state index contributed by atoms with van der Waals surface area (Å²) in [5.74, 6) is 0.0124. The fraction of sp³-hybridized carbons (Fsp3) is 0.200. The minimum atomic E-state index is 0.0124. The topological polar surface area (TPSA) is 33.2 Å². The van der Waals surface area contributed by atoms with Crippen LogP contribution in [0.25, 0.3) is 0 Å². The van der Waals surface area contributed by atoms with Gasteiger partial charge in [-0.3, -0.25) is 9.78 Å².